The molecule has 3 fully saturated rings. The molecule has 0 spiro atoms. The SMILES string of the molecule is CCC1OC(CC)C2C1C1OC2C(C)(C(=O)O)C1C(=O)O. The molecule has 0 aromatic heterocycles. The van der Waals surface area contributed by atoms with Gasteiger partial charge in [0.15, 0.2) is 0 Å². The van der Waals surface area contributed by atoms with E-state index in [1.807, 2.05) is 13.8 Å². The second kappa shape index (κ2) is 4.68. The lowest BCUT2D eigenvalue weighted by molar-refractivity contribution is -0.164. The first-order valence-electron chi connectivity index (χ1n) is 7.65. The maximum atomic E-state index is 11.8. The average Bonchev–Trinajstić information content (AvgIpc) is 3.04. The number of fused-ring (bicyclic) bond motifs is 5. The Kier molecular flexibility index (Phi) is 3.29. The Bertz CT molecular complexity index is 477. The number of ether oxygens (including phenoxy) is 2. The zero-order valence-electron chi connectivity index (χ0n) is 12.5. The average molecular weight is 298 g/mol. The minimum atomic E-state index is -1.38. The van der Waals surface area contributed by atoms with Crippen LogP contribution < -0.4 is 0 Å². The third-order valence-corrected chi connectivity index (χ3v) is 5.78. The molecule has 3 aliphatic rings. The van der Waals surface area contributed by atoms with E-state index < -0.39 is 35.5 Å². The van der Waals surface area contributed by atoms with Gasteiger partial charge in [0.05, 0.1) is 24.4 Å². The molecule has 3 aliphatic heterocycles. The van der Waals surface area contributed by atoms with Crippen molar-refractivity contribution in [2.24, 2.45) is 23.2 Å². The van der Waals surface area contributed by atoms with E-state index in [2.05, 4.69) is 0 Å². The third-order valence-electron chi connectivity index (χ3n) is 5.78. The van der Waals surface area contributed by atoms with Crippen LogP contribution in [0, 0.1) is 23.2 Å². The fraction of sp³-hybridized carbons (Fsp3) is 0.867. The van der Waals surface area contributed by atoms with Crippen LogP contribution in [-0.4, -0.2) is 46.6 Å². The van der Waals surface area contributed by atoms with Gasteiger partial charge in [0.2, 0.25) is 0 Å². The summed E-state index contributed by atoms with van der Waals surface area (Å²) in [5.74, 6) is -3.19. The normalized spacial score (nSPS) is 51.1. The Balaban J connectivity index is 2.04. The van der Waals surface area contributed by atoms with E-state index in [9.17, 15) is 19.8 Å². The van der Waals surface area contributed by atoms with Crippen molar-refractivity contribution < 1.29 is 29.3 Å². The van der Waals surface area contributed by atoms with E-state index in [-0.39, 0.29) is 24.0 Å². The van der Waals surface area contributed by atoms with Crippen molar-refractivity contribution >= 4 is 11.9 Å². The second-order valence-corrected chi connectivity index (χ2v) is 6.61. The minimum Gasteiger partial charge on any atom is -0.481 e. The second-order valence-electron chi connectivity index (χ2n) is 6.61. The molecule has 3 saturated heterocycles. The van der Waals surface area contributed by atoms with Crippen LogP contribution in [0.4, 0.5) is 0 Å². The molecule has 0 aromatic carbocycles. The Morgan fingerprint density at radius 1 is 1.05 bits per heavy atom. The van der Waals surface area contributed by atoms with Gasteiger partial charge in [0.1, 0.15) is 11.3 Å². The smallest absolute Gasteiger partial charge is 0.313 e. The number of aliphatic carboxylic acids is 2. The van der Waals surface area contributed by atoms with Gasteiger partial charge in [-0.05, 0) is 19.8 Å². The first-order valence-corrected chi connectivity index (χ1v) is 7.65. The molecule has 2 bridgehead atoms. The van der Waals surface area contributed by atoms with Gasteiger partial charge in [-0.3, -0.25) is 9.59 Å². The molecular formula is C15H22O6. The van der Waals surface area contributed by atoms with Crippen molar-refractivity contribution in [2.45, 2.75) is 58.0 Å². The first-order chi connectivity index (χ1) is 9.87. The van der Waals surface area contributed by atoms with Gasteiger partial charge >= 0.3 is 11.9 Å². The summed E-state index contributed by atoms with van der Waals surface area (Å²) in [4.78, 5) is 23.4. The molecule has 0 radical (unpaired) electrons. The van der Waals surface area contributed by atoms with Gasteiger partial charge in [-0.15, -0.1) is 0 Å². The fourth-order valence-electron chi connectivity index (χ4n) is 4.83. The highest BCUT2D eigenvalue weighted by Crippen LogP contribution is 2.62. The largest absolute Gasteiger partial charge is 0.481 e. The summed E-state index contributed by atoms with van der Waals surface area (Å²) in [5, 5.41) is 19.2. The lowest BCUT2D eigenvalue weighted by atomic mass is 9.58. The molecule has 6 nitrogen and oxygen atoms in total. The summed E-state index contributed by atoms with van der Waals surface area (Å²) >= 11 is 0. The highest BCUT2D eigenvalue weighted by molar-refractivity contribution is 5.85. The van der Waals surface area contributed by atoms with Crippen molar-refractivity contribution in [3.63, 3.8) is 0 Å². The Morgan fingerprint density at radius 3 is 2.10 bits per heavy atom. The summed E-state index contributed by atoms with van der Waals surface area (Å²) in [5.41, 5.74) is -1.38. The van der Waals surface area contributed by atoms with Gasteiger partial charge in [-0.2, -0.15) is 0 Å². The van der Waals surface area contributed by atoms with Crippen LogP contribution in [0.1, 0.15) is 33.6 Å². The monoisotopic (exact) mass is 298 g/mol. The van der Waals surface area contributed by atoms with Crippen LogP contribution >= 0.6 is 0 Å². The summed E-state index contributed by atoms with van der Waals surface area (Å²) in [6, 6.07) is 0. The molecule has 3 rings (SSSR count). The van der Waals surface area contributed by atoms with E-state index in [1.165, 1.54) is 6.92 Å². The van der Waals surface area contributed by atoms with Crippen LogP contribution in [0.3, 0.4) is 0 Å². The first kappa shape index (κ1) is 14.8. The van der Waals surface area contributed by atoms with Crippen molar-refractivity contribution in [1.29, 1.82) is 0 Å². The van der Waals surface area contributed by atoms with Crippen LogP contribution in [-0.2, 0) is 19.1 Å². The molecule has 8 unspecified atom stereocenters. The van der Waals surface area contributed by atoms with E-state index >= 15 is 0 Å². The van der Waals surface area contributed by atoms with E-state index in [4.69, 9.17) is 9.47 Å². The fourth-order valence-corrected chi connectivity index (χ4v) is 4.83. The standard InChI is InChI=1S/C15H22O6/c1-4-6-8-9(7(5-2)20-6)12-15(3,14(18)19)10(13(16)17)11(8)21-12/h6-12H,4-5H2,1-3H3,(H,16,17)(H,18,19). The van der Waals surface area contributed by atoms with Gasteiger partial charge in [0, 0.05) is 11.8 Å². The van der Waals surface area contributed by atoms with Gasteiger partial charge in [0.25, 0.3) is 0 Å². The summed E-state index contributed by atoms with van der Waals surface area (Å²) in [6.07, 6.45) is 0.379. The lowest BCUT2D eigenvalue weighted by Crippen LogP contribution is -2.55. The van der Waals surface area contributed by atoms with Crippen molar-refractivity contribution in [2.75, 3.05) is 0 Å². The molecule has 8 atom stereocenters. The van der Waals surface area contributed by atoms with Gasteiger partial charge in [-0.1, -0.05) is 13.8 Å². The molecular weight excluding hydrogens is 276 g/mol. The zero-order chi connectivity index (χ0) is 15.5. The quantitative estimate of drug-likeness (QED) is 0.814. The van der Waals surface area contributed by atoms with Gasteiger partial charge < -0.3 is 19.7 Å². The Labute approximate surface area is 123 Å². The minimum absolute atomic E-state index is 0.00141. The molecule has 6 heteroatoms. The molecule has 2 N–H and O–H groups in total. The van der Waals surface area contributed by atoms with Crippen LogP contribution in [0.25, 0.3) is 0 Å². The summed E-state index contributed by atoms with van der Waals surface area (Å²) in [7, 11) is 0. The summed E-state index contributed by atoms with van der Waals surface area (Å²) < 4.78 is 12.0. The zero-order valence-corrected chi connectivity index (χ0v) is 12.5. The number of carboxylic acid groups (broad SMARTS) is 2. The molecule has 0 aromatic rings. The summed E-state index contributed by atoms with van der Waals surface area (Å²) in [6.45, 7) is 5.54. The lowest BCUT2D eigenvalue weighted by Gasteiger charge is -2.39. The number of carbonyl (C=O) groups is 2. The maximum absolute atomic E-state index is 11.8. The Hall–Kier alpha value is -1.14. The molecule has 118 valence electrons. The molecule has 0 amide bonds. The van der Waals surface area contributed by atoms with E-state index in [1.54, 1.807) is 0 Å². The highest BCUT2D eigenvalue weighted by atomic mass is 16.5. The van der Waals surface area contributed by atoms with Crippen LogP contribution in [0.2, 0.25) is 0 Å². The molecule has 3 heterocycles. The third kappa shape index (κ3) is 1.66. The van der Waals surface area contributed by atoms with Crippen molar-refractivity contribution in [1.82, 2.24) is 0 Å². The molecule has 21 heavy (non-hydrogen) atoms. The molecule has 0 aliphatic carbocycles. The topological polar surface area (TPSA) is 93.1 Å². The predicted molar refractivity (Wildman–Crippen MR) is 71.8 cm³/mol. The molecule has 0 saturated carbocycles. The van der Waals surface area contributed by atoms with Crippen molar-refractivity contribution in [3.05, 3.63) is 0 Å². The van der Waals surface area contributed by atoms with Crippen LogP contribution in [0.15, 0.2) is 0 Å². The number of carboxylic acids is 2. The van der Waals surface area contributed by atoms with E-state index in [0.717, 1.165) is 12.8 Å². The van der Waals surface area contributed by atoms with Crippen LogP contribution in [0.5, 0.6) is 0 Å². The number of hydrogen-bond donors (Lipinski definition) is 2. The maximum Gasteiger partial charge on any atom is 0.313 e. The van der Waals surface area contributed by atoms with Gasteiger partial charge in [-0.25, -0.2) is 0 Å². The Morgan fingerprint density at radius 2 is 1.62 bits per heavy atom. The highest BCUT2D eigenvalue weighted by Gasteiger charge is 2.74. The van der Waals surface area contributed by atoms with Crippen molar-refractivity contribution in [3.8, 4) is 0 Å². The number of rotatable bonds is 4. The predicted octanol–water partition coefficient (Wildman–Crippen LogP) is 1.38. The number of hydrogen-bond acceptors (Lipinski definition) is 4. The van der Waals surface area contributed by atoms with E-state index in [0.29, 0.717) is 0 Å².